The van der Waals surface area contributed by atoms with Gasteiger partial charge >= 0.3 is 11.9 Å². The number of carbonyl (C=O) groups excluding carboxylic acids is 2. The van der Waals surface area contributed by atoms with Gasteiger partial charge in [0.05, 0.1) is 48.6 Å². The lowest BCUT2D eigenvalue weighted by Gasteiger charge is -2.36. The maximum atomic E-state index is 13.4. The molecule has 3 aromatic carbocycles. The number of esters is 2. The Labute approximate surface area is 217 Å². The number of anilines is 1. The highest BCUT2D eigenvalue weighted by Gasteiger charge is 2.43. The van der Waals surface area contributed by atoms with Crippen LogP contribution in [0.4, 0.5) is 5.69 Å². The van der Waals surface area contributed by atoms with Gasteiger partial charge < -0.3 is 20.2 Å². The lowest BCUT2D eigenvalue weighted by atomic mass is 9.81. The highest BCUT2D eigenvalue weighted by atomic mass is 16.5. The highest BCUT2D eigenvalue weighted by molar-refractivity contribution is 6.09. The fraction of sp³-hybridized carbons (Fsp3) is 0.103. The van der Waals surface area contributed by atoms with Gasteiger partial charge in [0.1, 0.15) is 11.5 Å². The van der Waals surface area contributed by atoms with Crippen LogP contribution in [0.3, 0.4) is 0 Å². The van der Waals surface area contributed by atoms with E-state index in [0.29, 0.717) is 27.4 Å². The minimum Gasteiger partial charge on any atom is -0.466 e. The van der Waals surface area contributed by atoms with Crippen LogP contribution in [0.5, 0.6) is 0 Å². The second kappa shape index (κ2) is 9.59. The van der Waals surface area contributed by atoms with Crippen molar-refractivity contribution in [2.75, 3.05) is 19.1 Å². The van der Waals surface area contributed by atoms with Gasteiger partial charge in [0.2, 0.25) is 0 Å². The van der Waals surface area contributed by atoms with Crippen LogP contribution < -0.4 is 16.1 Å². The molecule has 1 unspecified atom stereocenters. The zero-order valence-corrected chi connectivity index (χ0v) is 20.5. The molecule has 1 aromatic heterocycles. The molecular formula is C29H22N4O5. The Morgan fingerprint density at radius 3 is 2.26 bits per heavy atom. The number of nitriles is 1. The molecule has 4 aromatic rings. The second-order valence-electron chi connectivity index (χ2n) is 8.53. The summed E-state index contributed by atoms with van der Waals surface area (Å²) in [5.41, 5.74) is 7.86. The van der Waals surface area contributed by atoms with Crippen LogP contribution in [0.1, 0.15) is 11.5 Å². The van der Waals surface area contributed by atoms with Crippen molar-refractivity contribution in [3.05, 3.63) is 111 Å². The molecule has 2 heterocycles. The third kappa shape index (κ3) is 3.67. The third-order valence-electron chi connectivity index (χ3n) is 6.57. The first-order valence-electron chi connectivity index (χ1n) is 11.6. The Kier molecular flexibility index (Phi) is 6.15. The van der Waals surface area contributed by atoms with E-state index in [1.165, 1.54) is 19.1 Å². The molecule has 0 radical (unpaired) electrons. The number of nitrogens with zero attached hydrogens (tertiary/aromatic N) is 2. The van der Waals surface area contributed by atoms with Crippen molar-refractivity contribution in [2.24, 2.45) is 5.73 Å². The molecule has 0 fully saturated rings. The molecular weight excluding hydrogens is 484 g/mol. The van der Waals surface area contributed by atoms with Gasteiger partial charge in [0.25, 0.3) is 0 Å². The number of rotatable bonds is 4. The lowest BCUT2D eigenvalue weighted by molar-refractivity contribution is -0.139. The van der Waals surface area contributed by atoms with Crippen LogP contribution in [-0.2, 0) is 19.1 Å². The zero-order valence-electron chi connectivity index (χ0n) is 20.5. The minimum absolute atomic E-state index is 0.0318. The number of nitrogens with two attached hydrogens (primary N) is 1. The van der Waals surface area contributed by atoms with Gasteiger partial charge in [-0.05, 0) is 29.8 Å². The summed E-state index contributed by atoms with van der Waals surface area (Å²) in [7, 11) is 2.37. The average Bonchev–Trinajstić information content (AvgIpc) is 2.96. The van der Waals surface area contributed by atoms with E-state index in [1.54, 1.807) is 72.8 Å². The van der Waals surface area contributed by atoms with E-state index < -0.39 is 17.9 Å². The SMILES string of the molecule is COC(=O)C1=C(C(=O)OC)N(c2cccc3c(=O)c4ccccc4[nH]c23)C(N)=C(C#N)C1c1ccccc1. The van der Waals surface area contributed by atoms with Crippen molar-refractivity contribution in [1.29, 1.82) is 5.26 Å². The molecule has 9 heteroatoms. The molecule has 0 aliphatic carbocycles. The van der Waals surface area contributed by atoms with Crippen molar-refractivity contribution < 1.29 is 19.1 Å². The molecule has 1 aliphatic heterocycles. The highest BCUT2D eigenvalue weighted by Crippen LogP contribution is 2.44. The molecule has 0 spiro atoms. The molecule has 188 valence electrons. The van der Waals surface area contributed by atoms with E-state index in [9.17, 15) is 19.6 Å². The first kappa shape index (κ1) is 24.3. The van der Waals surface area contributed by atoms with Crippen molar-refractivity contribution in [1.82, 2.24) is 4.98 Å². The van der Waals surface area contributed by atoms with E-state index in [1.807, 2.05) is 0 Å². The zero-order chi connectivity index (χ0) is 27.0. The molecule has 9 nitrogen and oxygen atoms in total. The number of carbonyl (C=O) groups is 2. The van der Waals surface area contributed by atoms with Gasteiger partial charge in [0, 0.05) is 16.3 Å². The number of benzene rings is 3. The van der Waals surface area contributed by atoms with E-state index in [0.717, 1.165) is 0 Å². The van der Waals surface area contributed by atoms with Crippen LogP contribution >= 0.6 is 0 Å². The average molecular weight is 507 g/mol. The van der Waals surface area contributed by atoms with Gasteiger partial charge in [-0.1, -0.05) is 48.5 Å². The van der Waals surface area contributed by atoms with E-state index in [4.69, 9.17) is 15.2 Å². The predicted octanol–water partition coefficient (Wildman–Crippen LogP) is 3.58. The number of aromatic amines is 1. The maximum absolute atomic E-state index is 13.4. The van der Waals surface area contributed by atoms with Gasteiger partial charge in [-0.15, -0.1) is 0 Å². The molecule has 0 saturated heterocycles. The topological polar surface area (TPSA) is 139 Å². The standard InChI is InChI=1S/C29H22N4O5/c1-37-28(35)23-22(16-9-4-3-5-10-16)19(15-30)27(31)33(25(23)29(36)38-2)21-14-8-12-18-24(21)32-20-13-7-6-11-17(20)26(18)34/h3-14,22H,31H2,1-2H3,(H,32,34). The number of H-pyrrole nitrogens is 1. The summed E-state index contributed by atoms with van der Waals surface area (Å²) < 4.78 is 10.2. The maximum Gasteiger partial charge on any atom is 0.355 e. The Morgan fingerprint density at radius 1 is 0.921 bits per heavy atom. The number of ether oxygens (including phenoxy) is 2. The van der Waals surface area contributed by atoms with Crippen LogP contribution in [0, 0.1) is 11.3 Å². The molecule has 1 atom stereocenters. The van der Waals surface area contributed by atoms with Crippen molar-refractivity contribution in [3.8, 4) is 6.07 Å². The first-order valence-corrected chi connectivity index (χ1v) is 11.6. The van der Waals surface area contributed by atoms with Gasteiger partial charge in [0.15, 0.2) is 5.43 Å². The number of pyridine rings is 1. The number of fused-ring (bicyclic) bond motifs is 2. The number of methoxy groups -OCH3 is 2. The smallest absolute Gasteiger partial charge is 0.355 e. The first-order chi connectivity index (χ1) is 18.4. The van der Waals surface area contributed by atoms with Crippen molar-refractivity contribution in [3.63, 3.8) is 0 Å². The predicted molar refractivity (Wildman–Crippen MR) is 142 cm³/mol. The fourth-order valence-corrected chi connectivity index (χ4v) is 4.88. The number of para-hydroxylation sites is 2. The third-order valence-corrected chi connectivity index (χ3v) is 6.57. The fourth-order valence-electron chi connectivity index (χ4n) is 4.88. The molecule has 5 rings (SSSR count). The summed E-state index contributed by atoms with van der Waals surface area (Å²) in [4.78, 5) is 44.5. The van der Waals surface area contributed by atoms with Crippen LogP contribution in [0.2, 0.25) is 0 Å². The Bertz CT molecular complexity index is 1780. The minimum atomic E-state index is -0.992. The summed E-state index contributed by atoms with van der Waals surface area (Å²) in [6.45, 7) is 0. The van der Waals surface area contributed by atoms with Gasteiger partial charge in [-0.3, -0.25) is 9.69 Å². The molecule has 0 saturated carbocycles. The molecule has 0 bridgehead atoms. The van der Waals surface area contributed by atoms with Gasteiger partial charge in [-0.2, -0.15) is 5.26 Å². The number of aromatic nitrogens is 1. The number of hydrogen-bond donors (Lipinski definition) is 2. The van der Waals surface area contributed by atoms with E-state index >= 15 is 0 Å². The summed E-state index contributed by atoms with van der Waals surface area (Å²) in [5.74, 6) is -2.78. The van der Waals surface area contributed by atoms with Gasteiger partial charge in [-0.25, -0.2) is 9.59 Å². The number of hydrogen-bond acceptors (Lipinski definition) is 8. The van der Waals surface area contributed by atoms with Crippen molar-refractivity contribution in [2.45, 2.75) is 5.92 Å². The van der Waals surface area contributed by atoms with Crippen LogP contribution in [0.25, 0.3) is 21.8 Å². The van der Waals surface area contributed by atoms with E-state index in [2.05, 4.69) is 11.1 Å². The molecule has 38 heavy (non-hydrogen) atoms. The quantitative estimate of drug-likeness (QED) is 0.316. The van der Waals surface area contributed by atoms with Crippen molar-refractivity contribution >= 4 is 39.4 Å². The van der Waals surface area contributed by atoms with E-state index in [-0.39, 0.29) is 33.8 Å². The summed E-state index contributed by atoms with van der Waals surface area (Å²) in [5, 5.41) is 11.1. The Morgan fingerprint density at radius 2 is 1.58 bits per heavy atom. The Balaban J connectivity index is 1.91. The monoisotopic (exact) mass is 506 g/mol. The molecule has 0 amide bonds. The number of allylic oxidation sites excluding steroid dienone is 1. The van der Waals surface area contributed by atoms with Crippen LogP contribution in [0.15, 0.2) is 100 Å². The summed E-state index contributed by atoms with van der Waals surface area (Å²) >= 11 is 0. The number of nitrogens with one attached hydrogen (secondary N) is 1. The summed E-state index contributed by atoms with van der Waals surface area (Å²) in [6, 6.07) is 22.8. The largest absolute Gasteiger partial charge is 0.466 e. The van der Waals surface area contributed by atoms with Crippen LogP contribution in [-0.4, -0.2) is 31.1 Å². The molecule has 1 aliphatic rings. The molecule has 3 N–H and O–H groups in total. The lowest BCUT2D eigenvalue weighted by Crippen LogP contribution is -2.41. The second-order valence-corrected chi connectivity index (χ2v) is 8.53. The summed E-state index contributed by atoms with van der Waals surface area (Å²) in [6.07, 6.45) is 0. The Hall–Kier alpha value is -5.36. The normalized spacial score (nSPS) is 15.5.